The molecular weight excluding hydrogens is 210 g/mol. The van der Waals surface area contributed by atoms with Gasteiger partial charge < -0.3 is 10.2 Å². The van der Waals surface area contributed by atoms with E-state index in [0.29, 0.717) is 12.6 Å². The lowest BCUT2D eigenvalue weighted by molar-refractivity contribution is 0.588. The molecule has 0 aliphatic carbocycles. The van der Waals surface area contributed by atoms with Crippen molar-refractivity contribution in [2.24, 2.45) is 0 Å². The molecule has 0 saturated heterocycles. The summed E-state index contributed by atoms with van der Waals surface area (Å²) in [5.41, 5.74) is 2.37. The maximum atomic E-state index is 5.39. The molecule has 0 saturated carbocycles. The summed E-state index contributed by atoms with van der Waals surface area (Å²) in [7, 11) is 0. The first kappa shape index (κ1) is 13.5. The summed E-state index contributed by atoms with van der Waals surface area (Å²) in [6.07, 6.45) is 9.10. The number of nitrogens with one attached hydrogen (secondary N) is 1. The number of pyridine rings is 1. The number of anilines is 1. The van der Waals surface area contributed by atoms with Crippen LogP contribution in [0.5, 0.6) is 0 Å². The molecule has 1 aromatic rings. The van der Waals surface area contributed by atoms with E-state index in [4.69, 9.17) is 6.42 Å². The number of nitrogens with zero attached hydrogens (tertiary/aromatic N) is 2. The lowest BCUT2D eigenvalue weighted by Crippen LogP contribution is -2.27. The van der Waals surface area contributed by atoms with Crippen LogP contribution in [0.4, 0.5) is 5.69 Å². The van der Waals surface area contributed by atoms with E-state index in [2.05, 4.69) is 41.9 Å². The SMILES string of the molecule is C#CCN(CC)c1cnccc1CNC(C)C. The predicted octanol–water partition coefficient (Wildman–Crippen LogP) is 2.04. The van der Waals surface area contributed by atoms with E-state index in [1.807, 2.05) is 18.5 Å². The van der Waals surface area contributed by atoms with Crippen molar-refractivity contribution in [3.63, 3.8) is 0 Å². The van der Waals surface area contributed by atoms with E-state index in [-0.39, 0.29) is 0 Å². The molecule has 0 fully saturated rings. The van der Waals surface area contributed by atoms with Crippen molar-refractivity contribution in [1.82, 2.24) is 10.3 Å². The van der Waals surface area contributed by atoms with Gasteiger partial charge in [-0.25, -0.2) is 0 Å². The van der Waals surface area contributed by atoms with Gasteiger partial charge in [-0.05, 0) is 18.6 Å². The molecule has 1 rings (SSSR count). The maximum absolute atomic E-state index is 5.39. The molecule has 0 aliphatic heterocycles. The summed E-state index contributed by atoms with van der Waals surface area (Å²) in [5, 5.41) is 3.42. The van der Waals surface area contributed by atoms with Gasteiger partial charge in [-0.1, -0.05) is 19.8 Å². The summed E-state index contributed by atoms with van der Waals surface area (Å²) in [6.45, 7) is 8.74. The Labute approximate surface area is 104 Å². The second-order valence-corrected chi connectivity index (χ2v) is 4.26. The average Bonchev–Trinajstić information content (AvgIpc) is 2.34. The van der Waals surface area contributed by atoms with E-state index in [0.717, 1.165) is 18.8 Å². The lowest BCUT2D eigenvalue weighted by Gasteiger charge is -2.23. The van der Waals surface area contributed by atoms with E-state index in [1.54, 1.807) is 0 Å². The van der Waals surface area contributed by atoms with Crippen molar-refractivity contribution >= 4 is 5.69 Å². The number of terminal acetylenes is 1. The predicted molar refractivity (Wildman–Crippen MR) is 72.9 cm³/mol. The highest BCUT2D eigenvalue weighted by atomic mass is 15.1. The smallest absolute Gasteiger partial charge is 0.0792 e. The van der Waals surface area contributed by atoms with E-state index in [9.17, 15) is 0 Å². The molecule has 0 amide bonds. The molecule has 0 atom stereocenters. The molecule has 0 bridgehead atoms. The van der Waals surface area contributed by atoms with E-state index >= 15 is 0 Å². The molecular formula is C14H21N3. The number of rotatable bonds is 6. The fourth-order valence-corrected chi connectivity index (χ4v) is 1.64. The van der Waals surface area contributed by atoms with Crippen LogP contribution in [-0.2, 0) is 6.54 Å². The highest BCUT2D eigenvalue weighted by Gasteiger charge is 2.08. The molecule has 1 N–H and O–H groups in total. The molecule has 0 aliphatic rings. The van der Waals surface area contributed by atoms with Crippen LogP contribution in [0.25, 0.3) is 0 Å². The quantitative estimate of drug-likeness (QED) is 0.759. The molecule has 0 spiro atoms. The third-order valence-corrected chi connectivity index (χ3v) is 2.59. The molecule has 3 heteroatoms. The summed E-state index contributed by atoms with van der Waals surface area (Å²) in [6, 6.07) is 2.52. The molecule has 0 aromatic carbocycles. The maximum Gasteiger partial charge on any atom is 0.0792 e. The summed E-state index contributed by atoms with van der Waals surface area (Å²) < 4.78 is 0. The highest BCUT2D eigenvalue weighted by molar-refractivity contribution is 5.52. The third-order valence-electron chi connectivity index (χ3n) is 2.59. The van der Waals surface area contributed by atoms with Crippen molar-refractivity contribution in [1.29, 1.82) is 0 Å². The van der Waals surface area contributed by atoms with Gasteiger partial charge in [0.15, 0.2) is 0 Å². The Morgan fingerprint density at radius 2 is 2.29 bits per heavy atom. The van der Waals surface area contributed by atoms with Crippen molar-refractivity contribution in [2.45, 2.75) is 33.4 Å². The Morgan fingerprint density at radius 3 is 2.88 bits per heavy atom. The first-order valence-corrected chi connectivity index (χ1v) is 6.03. The van der Waals surface area contributed by atoms with Gasteiger partial charge in [0.2, 0.25) is 0 Å². The van der Waals surface area contributed by atoms with Crippen LogP contribution in [0.1, 0.15) is 26.3 Å². The Hall–Kier alpha value is -1.53. The highest BCUT2D eigenvalue weighted by Crippen LogP contribution is 2.18. The topological polar surface area (TPSA) is 28.2 Å². The van der Waals surface area contributed by atoms with E-state index < -0.39 is 0 Å². The first-order chi connectivity index (χ1) is 8.19. The molecule has 1 heterocycles. The number of aromatic nitrogens is 1. The average molecular weight is 231 g/mol. The zero-order chi connectivity index (χ0) is 12.7. The minimum absolute atomic E-state index is 0.471. The Morgan fingerprint density at radius 1 is 1.53 bits per heavy atom. The van der Waals surface area contributed by atoms with Gasteiger partial charge in [-0.3, -0.25) is 4.98 Å². The van der Waals surface area contributed by atoms with Crippen LogP contribution in [0.3, 0.4) is 0 Å². The van der Waals surface area contributed by atoms with Crippen LogP contribution >= 0.6 is 0 Å². The lowest BCUT2D eigenvalue weighted by atomic mass is 10.2. The Balaban J connectivity index is 2.86. The monoisotopic (exact) mass is 231 g/mol. The number of hydrogen-bond acceptors (Lipinski definition) is 3. The molecule has 1 aromatic heterocycles. The van der Waals surface area contributed by atoms with Crippen LogP contribution < -0.4 is 10.2 Å². The van der Waals surface area contributed by atoms with Gasteiger partial charge in [-0.15, -0.1) is 6.42 Å². The fraction of sp³-hybridized carbons (Fsp3) is 0.500. The Kier molecular flexibility index (Phi) is 5.51. The second kappa shape index (κ2) is 6.93. The number of hydrogen-bond donors (Lipinski definition) is 1. The van der Waals surface area contributed by atoms with Gasteiger partial charge in [0.1, 0.15) is 0 Å². The van der Waals surface area contributed by atoms with E-state index in [1.165, 1.54) is 5.56 Å². The van der Waals surface area contributed by atoms with Crippen molar-refractivity contribution < 1.29 is 0 Å². The van der Waals surface area contributed by atoms with Gasteiger partial charge in [-0.2, -0.15) is 0 Å². The first-order valence-electron chi connectivity index (χ1n) is 6.03. The third kappa shape index (κ3) is 4.08. The largest absolute Gasteiger partial charge is 0.359 e. The fourth-order valence-electron chi connectivity index (χ4n) is 1.64. The summed E-state index contributed by atoms with van der Waals surface area (Å²) in [5.74, 6) is 2.69. The van der Waals surface area contributed by atoms with Crippen molar-refractivity contribution in [3.8, 4) is 12.3 Å². The van der Waals surface area contributed by atoms with Gasteiger partial charge in [0, 0.05) is 25.3 Å². The molecule has 0 radical (unpaired) electrons. The van der Waals surface area contributed by atoms with Crippen LogP contribution in [0.2, 0.25) is 0 Å². The molecule has 0 unspecified atom stereocenters. The minimum atomic E-state index is 0.471. The van der Waals surface area contributed by atoms with Crippen molar-refractivity contribution in [2.75, 3.05) is 18.0 Å². The van der Waals surface area contributed by atoms with Crippen LogP contribution in [-0.4, -0.2) is 24.1 Å². The summed E-state index contributed by atoms with van der Waals surface area (Å²) in [4.78, 5) is 6.34. The minimum Gasteiger partial charge on any atom is -0.359 e. The zero-order valence-corrected chi connectivity index (χ0v) is 10.9. The standard InChI is InChI=1S/C14H21N3/c1-5-9-17(6-2)14-11-15-8-7-13(14)10-16-12(3)4/h1,7-8,11-12,16H,6,9-10H2,2-4H3. The second-order valence-electron chi connectivity index (χ2n) is 4.26. The summed E-state index contributed by atoms with van der Waals surface area (Å²) >= 11 is 0. The molecule has 92 valence electrons. The van der Waals surface area contributed by atoms with Gasteiger partial charge in [0.05, 0.1) is 18.4 Å². The molecule has 3 nitrogen and oxygen atoms in total. The van der Waals surface area contributed by atoms with Crippen LogP contribution in [0, 0.1) is 12.3 Å². The normalized spacial score (nSPS) is 10.3. The van der Waals surface area contributed by atoms with Gasteiger partial charge >= 0.3 is 0 Å². The van der Waals surface area contributed by atoms with Crippen LogP contribution in [0.15, 0.2) is 18.5 Å². The van der Waals surface area contributed by atoms with Crippen molar-refractivity contribution in [3.05, 3.63) is 24.0 Å². The zero-order valence-electron chi connectivity index (χ0n) is 10.9. The van der Waals surface area contributed by atoms with Gasteiger partial charge in [0.25, 0.3) is 0 Å². The molecule has 17 heavy (non-hydrogen) atoms. The Bertz CT molecular complexity index is 379.